The third kappa shape index (κ3) is 4.88. The second kappa shape index (κ2) is 10.2. The van der Waals surface area contributed by atoms with Crippen LogP contribution in [0.4, 0.5) is 15.5 Å². The first kappa shape index (κ1) is 24.1. The van der Waals surface area contributed by atoms with Crippen LogP contribution >= 0.6 is 11.3 Å². The molecule has 3 amide bonds. The molecule has 188 valence electrons. The Bertz CT molecular complexity index is 1310. The lowest BCUT2D eigenvalue weighted by atomic mass is 10.1. The lowest BCUT2D eigenvalue weighted by molar-refractivity contribution is -0.116. The van der Waals surface area contributed by atoms with Gasteiger partial charge in [0.1, 0.15) is 5.69 Å². The number of hydrogen-bond donors (Lipinski definition) is 4. The molecule has 1 aliphatic carbocycles. The molecule has 2 aliphatic rings. The molecule has 1 saturated heterocycles. The number of amides is 3. The number of ether oxygens (including phenoxy) is 1. The first-order valence-electron chi connectivity index (χ1n) is 11.6. The number of hydrazine groups is 1. The molecule has 0 radical (unpaired) electrons. The monoisotopic (exact) mass is 509 g/mol. The number of fused-ring (bicyclic) bond motifs is 3. The molecule has 5 rings (SSSR count). The fourth-order valence-electron chi connectivity index (χ4n) is 4.20. The van der Waals surface area contributed by atoms with E-state index in [1.165, 1.54) is 11.3 Å². The minimum absolute atomic E-state index is 0.0705. The van der Waals surface area contributed by atoms with Crippen LogP contribution in [0, 0.1) is 0 Å². The van der Waals surface area contributed by atoms with Crippen molar-refractivity contribution in [1.29, 1.82) is 0 Å². The van der Waals surface area contributed by atoms with E-state index in [9.17, 15) is 14.4 Å². The Balaban J connectivity index is 1.33. The molecule has 12 heteroatoms. The Hall–Kier alpha value is -3.58. The van der Waals surface area contributed by atoms with Crippen molar-refractivity contribution < 1.29 is 19.1 Å². The van der Waals surface area contributed by atoms with Gasteiger partial charge in [0.25, 0.3) is 0 Å². The van der Waals surface area contributed by atoms with E-state index in [0.29, 0.717) is 78.0 Å². The number of aromatic nitrogens is 2. The van der Waals surface area contributed by atoms with E-state index in [1.54, 1.807) is 17.1 Å². The third-order valence-corrected chi connectivity index (χ3v) is 6.97. The summed E-state index contributed by atoms with van der Waals surface area (Å²) in [7, 11) is 3.84. The zero-order valence-electron chi connectivity index (χ0n) is 20.0. The van der Waals surface area contributed by atoms with Gasteiger partial charge in [0, 0.05) is 31.6 Å². The Kier molecular flexibility index (Phi) is 6.83. The minimum atomic E-state index is -0.417. The van der Waals surface area contributed by atoms with Gasteiger partial charge < -0.3 is 20.3 Å². The van der Waals surface area contributed by atoms with Gasteiger partial charge in [0.2, 0.25) is 5.91 Å². The number of nitrogens with one attached hydrogen (secondary N) is 4. The van der Waals surface area contributed by atoms with Crippen LogP contribution in [-0.4, -0.2) is 84.8 Å². The summed E-state index contributed by atoms with van der Waals surface area (Å²) < 4.78 is 5.30. The molecule has 2 aromatic heterocycles. The van der Waals surface area contributed by atoms with Crippen molar-refractivity contribution >= 4 is 39.7 Å². The number of carbonyl (C=O) groups excluding carboxylic acids is 3. The van der Waals surface area contributed by atoms with E-state index >= 15 is 0 Å². The lowest BCUT2D eigenvalue weighted by Gasteiger charge is -2.27. The van der Waals surface area contributed by atoms with Crippen LogP contribution in [0.25, 0.3) is 21.8 Å². The fraction of sp³-hybridized carbons (Fsp3) is 0.333. The number of thiophene rings is 1. The number of urea groups is 1. The van der Waals surface area contributed by atoms with Gasteiger partial charge in [-0.1, -0.05) is 12.1 Å². The summed E-state index contributed by atoms with van der Waals surface area (Å²) in [6.07, 6.45) is 0.390. The van der Waals surface area contributed by atoms with Crippen LogP contribution in [0.5, 0.6) is 0 Å². The molecule has 3 aromatic rings. The highest BCUT2D eigenvalue weighted by Gasteiger charge is 2.35. The average Bonchev–Trinajstić information content (AvgIpc) is 3.55. The van der Waals surface area contributed by atoms with Crippen molar-refractivity contribution in [2.45, 2.75) is 6.42 Å². The van der Waals surface area contributed by atoms with Gasteiger partial charge >= 0.3 is 6.03 Å². The average molecular weight is 510 g/mol. The Morgan fingerprint density at radius 3 is 2.72 bits per heavy atom. The lowest BCUT2D eigenvalue weighted by Crippen LogP contribution is -2.49. The number of rotatable bonds is 7. The topological polar surface area (TPSA) is 132 Å². The van der Waals surface area contributed by atoms with Gasteiger partial charge in [-0.05, 0) is 32.3 Å². The number of nitrogens with zero attached hydrogens (tertiary/aromatic N) is 3. The fourth-order valence-corrected chi connectivity index (χ4v) is 5.12. The number of hydrogen-bond acceptors (Lipinski definition) is 8. The Morgan fingerprint density at radius 2 is 1.94 bits per heavy atom. The van der Waals surface area contributed by atoms with E-state index in [-0.39, 0.29) is 11.7 Å². The highest BCUT2D eigenvalue weighted by Crippen LogP contribution is 2.44. The number of morpholine rings is 1. The van der Waals surface area contributed by atoms with Crippen LogP contribution in [0.15, 0.2) is 30.3 Å². The summed E-state index contributed by atoms with van der Waals surface area (Å²) in [6, 6.07) is 8.56. The molecule has 1 fully saturated rings. The summed E-state index contributed by atoms with van der Waals surface area (Å²) in [5, 5.41) is 15.6. The van der Waals surface area contributed by atoms with Crippen molar-refractivity contribution in [3.05, 3.63) is 41.5 Å². The van der Waals surface area contributed by atoms with Crippen LogP contribution in [0.2, 0.25) is 0 Å². The van der Waals surface area contributed by atoms with Crippen LogP contribution in [0.3, 0.4) is 0 Å². The maximum atomic E-state index is 13.5. The summed E-state index contributed by atoms with van der Waals surface area (Å²) >= 11 is 1.36. The van der Waals surface area contributed by atoms with Crippen molar-refractivity contribution in [3.8, 4) is 21.8 Å². The molecule has 0 atom stereocenters. The minimum Gasteiger partial charge on any atom is -0.379 e. The van der Waals surface area contributed by atoms with Gasteiger partial charge in [-0.25, -0.2) is 9.80 Å². The number of ketones is 1. The second-order valence-corrected chi connectivity index (χ2v) is 9.89. The van der Waals surface area contributed by atoms with E-state index in [2.05, 4.69) is 26.3 Å². The molecule has 36 heavy (non-hydrogen) atoms. The van der Waals surface area contributed by atoms with Gasteiger partial charge in [-0.15, -0.1) is 11.3 Å². The summed E-state index contributed by atoms with van der Waals surface area (Å²) in [4.78, 5) is 41.0. The second-order valence-electron chi connectivity index (χ2n) is 8.81. The quantitative estimate of drug-likeness (QED) is 0.301. The predicted molar refractivity (Wildman–Crippen MR) is 137 cm³/mol. The number of benzene rings is 1. The standard InChI is InChI=1S/C24H27N7O4S/c1-30(2)9-8-17(32)26-18-7-6-16(36-18)22-20-21(27-28-22)14-4-3-5-15(19(14)23(20)33)25-24(34)29-31-10-12-35-13-11-31/h3-7H,8-13H2,1-2H3,(H,26,32)(H,27,28)(H2,25,29,34). The smallest absolute Gasteiger partial charge is 0.333 e. The van der Waals surface area contributed by atoms with Gasteiger partial charge in [-0.2, -0.15) is 5.10 Å². The predicted octanol–water partition coefficient (Wildman–Crippen LogP) is 2.61. The molecule has 3 heterocycles. The first-order chi connectivity index (χ1) is 17.4. The molecule has 1 aromatic carbocycles. The summed E-state index contributed by atoms with van der Waals surface area (Å²) in [6.45, 7) is 2.95. The first-order valence-corrected chi connectivity index (χ1v) is 12.4. The maximum Gasteiger partial charge on any atom is 0.333 e. The highest BCUT2D eigenvalue weighted by atomic mass is 32.1. The van der Waals surface area contributed by atoms with E-state index in [4.69, 9.17) is 4.74 Å². The van der Waals surface area contributed by atoms with Gasteiger partial charge in [0.05, 0.1) is 45.6 Å². The third-order valence-electron chi connectivity index (χ3n) is 5.96. The maximum absolute atomic E-state index is 13.5. The molecular weight excluding hydrogens is 482 g/mol. The van der Waals surface area contributed by atoms with Crippen molar-refractivity contribution in [2.24, 2.45) is 0 Å². The molecule has 11 nitrogen and oxygen atoms in total. The molecule has 0 bridgehead atoms. The molecular formula is C24H27N7O4S. The van der Waals surface area contributed by atoms with Crippen LogP contribution < -0.4 is 16.1 Å². The van der Waals surface area contributed by atoms with Gasteiger partial charge in [0.15, 0.2) is 5.78 Å². The van der Waals surface area contributed by atoms with E-state index < -0.39 is 6.03 Å². The number of aromatic amines is 1. The SMILES string of the molecule is CN(C)CCC(=O)Nc1ccc(-c2n[nH]c3c2C(=O)c2c(NC(=O)NN4CCOCC4)cccc2-3)s1. The van der Waals surface area contributed by atoms with E-state index in [0.717, 1.165) is 4.88 Å². The van der Waals surface area contributed by atoms with Crippen molar-refractivity contribution in [2.75, 3.05) is 57.6 Å². The Morgan fingerprint density at radius 1 is 1.14 bits per heavy atom. The number of carbonyl (C=O) groups is 3. The van der Waals surface area contributed by atoms with Crippen molar-refractivity contribution in [1.82, 2.24) is 25.5 Å². The number of anilines is 2. The summed E-state index contributed by atoms with van der Waals surface area (Å²) in [5.74, 6) is -0.282. The molecule has 0 spiro atoms. The van der Waals surface area contributed by atoms with Crippen molar-refractivity contribution in [3.63, 3.8) is 0 Å². The molecule has 4 N–H and O–H groups in total. The zero-order chi connectivity index (χ0) is 25.2. The molecule has 0 unspecified atom stereocenters. The summed E-state index contributed by atoms with van der Waals surface area (Å²) in [5.41, 5.74) is 5.93. The van der Waals surface area contributed by atoms with Gasteiger partial charge in [-0.3, -0.25) is 20.1 Å². The number of H-pyrrole nitrogens is 1. The van der Waals surface area contributed by atoms with Crippen LogP contribution in [0.1, 0.15) is 22.3 Å². The molecule has 0 saturated carbocycles. The van der Waals surface area contributed by atoms with E-state index in [1.807, 2.05) is 37.2 Å². The Labute approximate surface area is 211 Å². The van der Waals surface area contributed by atoms with Crippen LogP contribution in [-0.2, 0) is 9.53 Å². The normalized spacial score (nSPS) is 15.0. The molecule has 1 aliphatic heterocycles. The highest BCUT2D eigenvalue weighted by molar-refractivity contribution is 7.19. The largest absolute Gasteiger partial charge is 0.379 e. The zero-order valence-corrected chi connectivity index (χ0v) is 20.8.